The standard InChI is InChI=1S/C18H38N4O2.CH4/c1-4-15(9-5-6-12-19)18(24)22-16(10-7-13-20-2)17(23)11-8-14-21-3;/h15-16,20-21H,4-14,19H2,1-3H3,(H,22,24);1H4. The molecule has 0 aliphatic rings. The maximum Gasteiger partial charge on any atom is 0.223 e. The summed E-state index contributed by atoms with van der Waals surface area (Å²) >= 11 is 0. The Morgan fingerprint density at radius 1 is 0.960 bits per heavy atom. The highest BCUT2D eigenvalue weighted by atomic mass is 16.2. The zero-order valence-corrected chi connectivity index (χ0v) is 15.8. The molecule has 0 heterocycles. The van der Waals surface area contributed by atoms with Gasteiger partial charge in [-0.15, -0.1) is 0 Å². The van der Waals surface area contributed by atoms with Crippen LogP contribution in [0.15, 0.2) is 0 Å². The van der Waals surface area contributed by atoms with Gasteiger partial charge in [0.05, 0.1) is 6.04 Å². The number of Topliss-reactive ketones (excluding diaryl/α,β-unsaturated/α-hetero) is 1. The molecule has 0 aromatic heterocycles. The van der Waals surface area contributed by atoms with Crippen LogP contribution in [-0.2, 0) is 9.59 Å². The van der Waals surface area contributed by atoms with Crippen LogP contribution in [0, 0.1) is 5.92 Å². The lowest BCUT2D eigenvalue weighted by atomic mass is 9.96. The Morgan fingerprint density at radius 2 is 1.60 bits per heavy atom. The van der Waals surface area contributed by atoms with E-state index in [1.54, 1.807) is 0 Å². The summed E-state index contributed by atoms with van der Waals surface area (Å²) in [6.07, 6.45) is 6.44. The van der Waals surface area contributed by atoms with Crippen molar-refractivity contribution in [1.82, 2.24) is 16.0 Å². The molecule has 150 valence electrons. The van der Waals surface area contributed by atoms with Crippen LogP contribution < -0.4 is 21.7 Å². The molecule has 0 aromatic carbocycles. The van der Waals surface area contributed by atoms with E-state index in [1.807, 2.05) is 21.0 Å². The number of rotatable bonds is 16. The number of hydrogen-bond donors (Lipinski definition) is 4. The van der Waals surface area contributed by atoms with Crippen LogP contribution in [0.25, 0.3) is 0 Å². The summed E-state index contributed by atoms with van der Waals surface area (Å²) in [7, 11) is 3.77. The van der Waals surface area contributed by atoms with E-state index in [0.29, 0.717) is 19.4 Å². The molecule has 0 rings (SSSR count). The number of carbonyl (C=O) groups excluding carboxylic acids is 2. The third-order valence-corrected chi connectivity index (χ3v) is 4.34. The van der Waals surface area contributed by atoms with Gasteiger partial charge in [-0.25, -0.2) is 0 Å². The first-order valence-corrected chi connectivity index (χ1v) is 9.43. The molecule has 5 N–H and O–H groups in total. The van der Waals surface area contributed by atoms with Crippen molar-refractivity contribution in [1.29, 1.82) is 0 Å². The predicted octanol–water partition coefficient (Wildman–Crippen LogP) is 1.83. The average Bonchev–Trinajstić information content (AvgIpc) is 2.58. The maximum atomic E-state index is 12.5. The summed E-state index contributed by atoms with van der Waals surface area (Å²) < 4.78 is 0. The van der Waals surface area contributed by atoms with Gasteiger partial charge in [0, 0.05) is 12.3 Å². The van der Waals surface area contributed by atoms with Crippen LogP contribution in [0.1, 0.15) is 65.7 Å². The minimum absolute atomic E-state index is 0. The lowest BCUT2D eigenvalue weighted by Crippen LogP contribution is -2.44. The fourth-order valence-electron chi connectivity index (χ4n) is 2.76. The lowest BCUT2D eigenvalue weighted by Gasteiger charge is -2.21. The molecule has 0 spiro atoms. The number of carbonyl (C=O) groups is 2. The Kier molecular flexibility index (Phi) is 18.7. The van der Waals surface area contributed by atoms with Crippen molar-refractivity contribution in [3.05, 3.63) is 0 Å². The van der Waals surface area contributed by atoms with Gasteiger partial charge in [0.1, 0.15) is 0 Å². The van der Waals surface area contributed by atoms with E-state index in [-0.39, 0.29) is 31.1 Å². The first-order chi connectivity index (χ1) is 11.6. The lowest BCUT2D eigenvalue weighted by molar-refractivity contribution is -0.130. The zero-order chi connectivity index (χ0) is 18.2. The van der Waals surface area contributed by atoms with Crippen LogP contribution in [-0.4, -0.2) is 51.5 Å². The van der Waals surface area contributed by atoms with E-state index in [4.69, 9.17) is 5.73 Å². The van der Waals surface area contributed by atoms with E-state index in [1.165, 1.54) is 0 Å². The fraction of sp³-hybridized carbons (Fsp3) is 0.895. The van der Waals surface area contributed by atoms with Gasteiger partial charge >= 0.3 is 0 Å². The third kappa shape index (κ3) is 13.0. The van der Waals surface area contributed by atoms with Gasteiger partial charge in [-0.3, -0.25) is 9.59 Å². The number of amides is 1. The van der Waals surface area contributed by atoms with Gasteiger partial charge in [0.25, 0.3) is 0 Å². The highest BCUT2D eigenvalue weighted by molar-refractivity contribution is 5.89. The number of nitrogens with one attached hydrogen (secondary N) is 3. The molecular formula is C19H42N4O2. The second-order valence-corrected chi connectivity index (χ2v) is 6.37. The van der Waals surface area contributed by atoms with Crippen molar-refractivity contribution < 1.29 is 9.59 Å². The molecule has 25 heavy (non-hydrogen) atoms. The van der Waals surface area contributed by atoms with Gasteiger partial charge in [-0.2, -0.15) is 0 Å². The van der Waals surface area contributed by atoms with Crippen molar-refractivity contribution in [2.45, 2.75) is 71.8 Å². The summed E-state index contributed by atoms with van der Waals surface area (Å²) in [6.45, 7) is 4.36. The smallest absolute Gasteiger partial charge is 0.223 e. The summed E-state index contributed by atoms with van der Waals surface area (Å²) in [6, 6.07) is -0.355. The van der Waals surface area contributed by atoms with Gasteiger partial charge < -0.3 is 21.7 Å². The zero-order valence-electron chi connectivity index (χ0n) is 15.8. The number of hydrogen-bond acceptors (Lipinski definition) is 5. The monoisotopic (exact) mass is 358 g/mol. The summed E-state index contributed by atoms with van der Waals surface area (Å²) in [4.78, 5) is 25.0. The normalized spacial score (nSPS) is 13.0. The van der Waals surface area contributed by atoms with Gasteiger partial charge in [-0.1, -0.05) is 20.8 Å². The molecule has 0 saturated carbocycles. The Morgan fingerprint density at radius 3 is 2.16 bits per heavy atom. The van der Waals surface area contributed by atoms with E-state index < -0.39 is 0 Å². The molecule has 6 nitrogen and oxygen atoms in total. The van der Waals surface area contributed by atoms with Crippen molar-refractivity contribution in [3.63, 3.8) is 0 Å². The van der Waals surface area contributed by atoms with Crippen molar-refractivity contribution in [2.24, 2.45) is 11.7 Å². The average molecular weight is 359 g/mol. The second kappa shape index (κ2) is 17.8. The maximum absolute atomic E-state index is 12.5. The molecule has 0 fully saturated rings. The quantitative estimate of drug-likeness (QED) is 0.316. The molecular weight excluding hydrogens is 316 g/mol. The molecule has 1 amide bonds. The molecule has 0 saturated heterocycles. The molecule has 0 aliphatic carbocycles. The molecule has 0 aliphatic heterocycles. The Balaban J connectivity index is 0. The molecule has 2 atom stereocenters. The minimum Gasteiger partial charge on any atom is -0.346 e. The summed E-state index contributed by atoms with van der Waals surface area (Å²) in [5.74, 6) is 0.144. The Hall–Kier alpha value is -0.980. The molecule has 0 bridgehead atoms. The second-order valence-electron chi connectivity index (χ2n) is 6.37. The molecule has 2 unspecified atom stereocenters. The number of unbranched alkanes of at least 4 members (excludes halogenated alkanes) is 1. The number of ketones is 1. The molecule has 0 aromatic rings. The summed E-state index contributed by atoms with van der Waals surface area (Å²) in [5, 5.41) is 9.15. The number of nitrogens with two attached hydrogens (primary N) is 1. The summed E-state index contributed by atoms with van der Waals surface area (Å²) in [5.41, 5.74) is 5.52. The highest BCUT2D eigenvalue weighted by Crippen LogP contribution is 2.14. The van der Waals surface area contributed by atoms with Gasteiger partial charge in [0.15, 0.2) is 5.78 Å². The predicted molar refractivity (Wildman–Crippen MR) is 107 cm³/mol. The van der Waals surface area contributed by atoms with Crippen LogP contribution in [0.5, 0.6) is 0 Å². The minimum atomic E-state index is -0.355. The van der Waals surface area contributed by atoms with Crippen molar-refractivity contribution in [2.75, 3.05) is 33.7 Å². The SMILES string of the molecule is C.CCC(CCCCN)C(=O)NC(CCCNC)C(=O)CCCNC. The van der Waals surface area contributed by atoms with Gasteiger partial charge in [-0.05, 0) is 72.3 Å². The first kappa shape index (κ1) is 26.3. The molecule has 0 radical (unpaired) electrons. The van der Waals surface area contributed by atoms with Crippen LogP contribution in [0.4, 0.5) is 0 Å². The molecule has 6 heteroatoms. The fourth-order valence-corrected chi connectivity index (χ4v) is 2.76. The van der Waals surface area contributed by atoms with E-state index in [0.717, 1.165) is 51.6 Å². The Bertz CT molecular complexity index is 337. The van der Waals surface area contributed by atoms with Crippen LogP contribution in [0.2, 0.25) is 0 Å². The highest BCUT2D eigenvalue weighted by Gasteiger charge is 2.23. The van der Waals surface area contributed by atoms with E-state index >= 15 is 0 Å². The largest absolute Gasteiger partial charge is 0.346 e. The topological polar surface area (TPSA) is 96.2 Å². The van der Waals surface area contributed by atoms with Crippen LogP contribution >= 0.6 is 0 Å². The first-order valence-electron chi connectivity index (χ1n) is 9.43. The van der Waals surface area contributed by atoms with E-state index in [2.05, 4.69) is 16.0 Å². The van der Waals surface area contributed by atoms with Gasteiger partial charge in [0.2, 0.25) is 5.91 Å². The third-order valence-electron chi connectivity index (χ3n) is 4.34. The van der Waals surface area contributed by atoms with Crippen molar-refractivity contribution in [3.8, 4) is 0 Å². The van der Waals surface area contributed by atoms with Crippen LogP contribution in [0.3, 0.4) is 0 Å². The van der Waals surface area contributed by atoms with E-state index in [9.17, 15) is 9.59 Å². The van der Waals surface area contributed by atoms with Crippen molar-refractivity contribution >= 4 is 11.7 Å². The Labute approximate surface area is 155 Å².